The zero-order chi connectivity index (χ0) is 7.33. The van der Waals surface area contributed by atoms with Gasteiger partial charge in [-0.25, -0.2) is 0 Å². The first-order valence-corrected chi connectivity index (χ1v) is 12.4. The maximum atomic E-state index is 5.92. The first-order chi connectivity index (χ1) is 4.24. The van der Waals surface area contributed by atoms with Gasteiger partial charge in [0, 0.05) is 0 Å². The van der Waals surface area contributed by atoms with Crippen LogP contribution in [-0.4, -0.2) is 22.3 Å². The predicted octanol–water partition coefficient (Wildman–Crippen LogP) is 3.27. The quantitative estimate of drug-likeness (QED) is 0.534. The molecule has 0 radical (unpaired) electrons. The van der Waals surface area contributed by atoms with E-state index in [1.54, 1.807) is 0 Å². The van der Waals surface area contributed by atoms with Gasteiger partial charge >= 0.3 is 68.0 Å². The van der Waals surface area contributed by atoms with Crippen molar-refractivity contribution in [1.29, 1.82) is 0 Å². The fourth-order valence-electron chi connectivity index (χ4n) is 1.03. The van der Waals surface area contributed by atoms with Gasteiger partial charge in [-0.2, -0.15) is 0 Å². The molecule has 9 heavy (non-hydrogen) atoms. The van der Waals surface area contributed by atoms with Gasteiger partial charge < -0.3 is 0 Å². The molecule has 0 atom stereocenters. The van der Waals surface area contributed by atoms with E-state index in [-0.39, 0.29) is 0 Å². The molecule has 0 rings (SSSR count). The molecule has 0 aliphatic heterocycles. The molecule has 0 nitrogen and oxygen atoms in total. The third-order valence-electron chi connectivity index (χ3n) is 2.53. The van der Waals surface area contributed by atoms with Gasteiger partial charge in [-0.3, -0.25) is 0 Å². The molecule has 0 spiro atoms. The van der Waals surface area contributed by atoms with Crippen LogP contribution in [0.2, 0.25) is 13.3 Å². The molecular weight excluding hydrogens is 238 g/mol. The predicted molar refractivity (Wildman–Crippen MR) is 47.9 cm³/mol. The van der Waals surface area contributed by atoms with E-state index >= 15 is 0 Å². The molecule has 0 bridgehead atoms. The molecule has 0 aromatic rings. The van der Waals surface area contributed by atoms with E-state index in [0.29, 0.717) is 0 Å². The third-order valence-corrected chi connectivity index (χ3v) is 20.8. The summed E-state index contributed by atoms with van der Waals surface area (Å²) >= 11 is 4.30. The number of alkyl halides is 1. The van der Waals surface area contributed by atoms with Crippen LogP contribution in [0.5, 0.6) is 0 Å². The van der Waals surface area contributed by atoms with Crippen LogP contribution < -0.4 is 0 Å². The van der Waals surface area contributed by atoms with Crippen LogP contribution >= 0.6 is 11.6 Å². The summed E-state index contributed by atoms with van der Waals surface area (Å²) in [5.41, 5.74) is 0. The van der Waals surface area contributed by atoms with Crippen LogP contribution in [-0.2, 0) is 0 Å². The van der Waals surface area contributed by atoms with Crippen LogP contribution in [0.3, 0.4) is 0 Å². The van der Waals surface area contributed by atoms with E-state index in [0.717, 1.165) is 3.90 Å². The third kappa shape index (κ3) is 2.67. The second-order valence-corrected chi connectivity index (χ2v) is 19.9. The minimum atomic E-state index is -1.62. The van der Waals surface area contributed by atoms with Crippen molar-refractivity contribution in [2.24, 2.45) is 0 Å². The van der Waals surface area contributed by atoms with Crippen molar-refractivity contribution in [1.82, 2.24) is 0 Å². The Bertz CT molecular complexity index is 51.8. The maximum absolute atomic E-state index is 5.92. The SMILES string of the molecule is C[CH2][Sn]([CH2]C)([CH2]C)[CH2]Cl. The van der Waals surface area contributed by atoms with Crippen LogP contribution in [0.1, 0.15) is 20.8 Å². The zero-order valence-electron chi connectivity index (χ0n) is 6.71. The van der Waals surface area contributed by atoms with Crippen LogP contribution in [0.4, 0.5) is 0 Å². The Hall–Kier alpha value is 1.09. The Balaban J connectivity index is 3.82. The average Bonchev–Trinajstić information content (AvgIpc) is 1.95. The van der Waals surface area contributed by atoms with Crippen molar-refractivity contribution in [3.05, 3.63) is 0 Å². The van der Waals surface area contributed by atoms with Gasteiger partial charge in [0.05, 0.1) is 0 Å². The van der Waals surface area contributed by atoms with Crippen molar-refractivity contribution in [3.63, 3.8) is 0 Å². The van der Waals surface area contributed by atoms with Crippen molar-refractivity contribution in [3.8, 4) is 0 Å². The van der Waals surface area contributed by atoms with E-state index in [2.05, 4.69) is 20.8 Å². The average molecular weight is 255 g/mol. The molecular formula is C7H17ClSn. The molecule has 2 heteroatoms. The molecule has 0 aromatic carbocycles. The van der Waals surface area contributed by atoms with E-state index < -0.39 is 18.4 Å². The minimum absolute atomic E-state index is 1.03. The van der Waals surface area contributed by atoms with E-state index in [1.807, 2.05) is 0 Å². The van der Waals surface area contributed by atoms with Crippen molar-refractivity contribution < 1.29 is 0 Å². The zero-order valence-corrected chi connectivity index (χ0v) is 10.3. The molecule has 0 aliphatic carbocycles. The molecule has 56 valence electrons. The molecule has 0 aromatic heterocycles. The topological polar surface area (TPSA) is 0 Å². The molecule has 0 aliphatic rings. The van der Waals surface area contributed by atoms with Crippen LogP contribution in [0, 0.1) is 0 Å². The summed E-state index contributed by atoms with van der Waals surface area (Å²) in [6, 6.07) is 0. The molecule has 0 saturated heterocycles. The summed E-state index contributed by atoms with van der Waals surface area (Å²) < 4.78 is 5.29. The Morgan fingerprint density at radius 1 is 1.00 bits per heavy atom. The van der Waals surface area contributed by atoms with Gasteiger partial charge in [0.15, 0.2) is 0 Å². The Kier molecular flexibility index (Phi) is 5.42. The van der Waals surface area contributed by atoms with Crippen molar-refractivity contribution >= 4 is 30.0 Å². The van der Waals surface area contributed by atoms with E-state index in [4.69, 9.17) is 11.6 Å². The van der Waals surface area contributed by atoms with Crippen molar-refractivity contribution in [2.75, 3.05) is 3.90 Å². The number of halogens is 1. The molecule has 0 unspecified atom stereocenters. The van der Waals surface area contributed by atoms with E-state index in [9.17, 15) is 0 Å². The van der Waals surface area contributed by atoms with E-state index in [1.165, 1.54) is 13.3 Å². The number of hydrogen-bond acceptors (Lipinski definition) is 0. The van der Waals surface area contributed by atoms with Crippen LogP contribution in [0.25, 0.3) is 0 Å². The first kappa shape index (κ1) is 10.1. The summed E-state index contributed by atoms with van der Waals surface area (Å²) in [7, 11) is 0. The molecule has 0 saturated carbocycles. The second kappa shape index (κ2) is 4.84. The van der Waals surface area contributed by atoms with Crippen LogP contribution in [0.15, 0.2) is 0 Å². The fraction of sp³-hybridized carbons (Fsp3) is 1.00. The molecule has 0 heterocycles. The summed E-state index contributed by atoms with van der Waals surface area (Å²) in [6.07, 6.45) is 0. The first-order valence-electron chi connectivity index (χ1n) is 3.80. The summed E-state index contributed by atoms with van der Waals surface area (Å²) in [6.45, 7) is 6.93. The second-order valence-electron chi connectivity index (χ2n) is 2.69. The standard InChI is InChI=1S/3C2H5.CH2Cl.Sn/c4*1-2;/h3*1H2,2H3;1H2;. The molecule has 0 fully saturated rings. The Morgan fingerprint density at radius 2 is 1.33 bits per heavy atom. The van der Waals surface area contributed by atoms with Gasteiger partial charge in [0.2, 0.25) is 0 Å². The summed E-state index contributed by atoms with van der Waals surface area (Å²) in [4.78, 5) is 0. The molecule has 0 amide bonds. The number of rotatable bonds is 4. The van der Waals surface area contributed by atoms with Gasteiger partial charge in [0.1, 0.15) is 0 Å². The van der Waals surface area contributed by atoms with Gasteiger partial charge in [-0.1, -0.05) is 0 Å². The Morgan fingerprint density at radius 3 is 1.33 bits per heavy atom. The summed E-state index contributed by atoms with van der Waals surface area (Å²) in [5, 5.41) is 0. The summed E-state index contributed by atoms with van der Waals surface area (Å²) in [5.74, 6) is 0. The molecule has 0 N–H and O–H groups in total. The fourth-order valence-corrected chi connectivity index (χ4v) is 10.7. The monoisotopic (exact) mass is 256 g/mol. The van der Waals surface area contributed by atoms with Crippen molar-refractivity contribution in [2.45, 2.75) is 34.1 Å². The normalized spacial score (nSPS) is 12.0. The number of hydrogen-bond donors (Lipinski definition) is 0. The van der Waals surface area contributed by atoms with Gasteiger partial charge in [0.25, 0.3) is 0 Å². The van der Waals surface area contributed by atoms with Gasteiger partial charge in [-0.05, 0) is 0 Å². The van der Waals surface area contributed by atoms with Gasteiger partial charge in [-0.15, -0.1) is 0 Å². The Labute approximate surface area is 67.8 Å².